The predicted molar refractivity (Wildman–Crippen MR) is 379 cm³/mol. The molecule has 5 heterocycles. The highest BCUT2D eigenvalue weighted by atomic mass is 33.1. The number of urea groups is 1. The molecule has 37 nitrogen and oxygen atoms in total. The SMILES string of the molecule is CC[C@H](C)[C@H](NC(=O)NC(=O)CCNC(=O)[C@H](CC(=O)O)NC(=O)[C@@H]1CCCN1C(=O)[C@@H](NC(C)=O)[C@@H](C)CC)C(=O)N[C@H]1SSCNC(=O)[C@H]([C@@H](C)CC)NC(=O)[C@@H]2CCCN2C2OC2[C@@H]2CCCN2C(=O)[C@H](CC(C)C)NC(=O)[C@H](CO)NC(=O)[C@H](CCCN=C(N)N)NC(=O)[C@H](CO)NC1=O. The van der Waals surface area contributed by atoms with E-state index in [1.807, 2.05) is 37.9 Å². The number of rotatable bonds is 27. The van der Waals surface area contributed by atoms with Gasteiger partial charge in [0.1, 0.15) is 66.7 Å². The van der Waals surface area contributed by atoms with Gasteiger partial charge in [0.05, 0.1) is 37.6 Å². The molecule has 0 saturated carbocycles. The number of guanidine groups is 1. The number of aliphatic imine (C=N–C) groups is 1. The molecule has 0 aliphatic carbocycles. The Labute approximate surface area is 612 Å². The Bertz CT molecular complexity index is 3100. The van der Waals surface area contributed by atoms with E-state index < -0.39 is 217 Å². The number of carboxylic acids is 1. The van der Waals surface area contributed by atoms with Crippen molar-refractivity contribution >= 4 is 116 Å². The molecule has 0 spiro atoms. The van der Waals surface area contributed by atoms with Crippen LogP contribution in [0, 0.1) is 23.7 Å². The van der Waals surface area contributed by atoms with Gasteiger partial charge in [-0.1, -0.05) is 96.2 Å². The van der Waals surface area contributed by atoms with E-state index >= 15 is 0 Å². The third-order valence-electron chi connectivity index (χ3n) is 19.1. The number of ether oxygens (including phenoxy) is 1. The number of hydrogen-bond donors (Lipinski definition) is 17. The molecule has 39 heteroatoms. The van der Waals surface area contributed by atoms with Crippen molar-refractivity contribution in [2.24, 2.45) is 40.1 Å². The summed E-state index contributed by atoms with van der Waals surface area (Å²) in [5.41, 5.74) is 11.1. The first-order chi connectivity index (χ1) is 49.3. The zero-order valence-corrected chi connectivity index (χ0v) is 62.2. The van der Waals surface area contributed by atoms with Crippen LogP contribution < -0.4 is 75.3 Å². The molecule has 5 saturated heterocycles. The minimum Gasteiger partial charge on any atom is -0.481 e. The van der Waals surface area contributed by atoms with Crippen LogP contribution in [0.5, 0.6) is 0 Å². The van der Waals surface area contributed by atoms with Crippen LogP contribution in [-0.2, 0) is 71.9 Å². The molecular formula is C65H108N18O19S2. The quantitative estimate of drug-likeness (QED) is 0.0122. The summed E-state index contributed by atoms with van der Waals surface area (Å²) in [4.78, 5) is 215. The smallest absolute Gasteiger partial charge is 0.322 e. The largest absolute Gasteiger partial charge is 0.481 e. The summed E-state index contributed by atoms with van der Waals surface area (Å²) in [6.45, 7) is 13.7. The number of nitrogens with two attached hydrogens (primary N) is 2. The number of epoxide rings is 1. The molecule has 17 atom stereocenters. The molecule has 104 heavy (non-hydrogen) atoms. The fourth-order valence-electron chi connectivity index (χ4n) is 12.7. The molecule has 0 aromatic heterocycles. The molecule has 0 aromatic rings. The summed E-state index contributed by atoms with van der Waals surface area (Å²) in [7, 11) is 1.48. The molecular weight excluding hydrogens is 1400 g/mol. The zero-order chi connectivity index (χ0) is 77.2. The second kappa shape index (κ2) is 42.1. The van der Waals surface area contributed by atoms with Gasteiger partial charge in [0.15, 0.2) is 11.3 Å². The first-order valence-electron chi connectivity index (χ1n) is 35.6. The predicted octanol–water partition coefficient (Wildman–Crippen LogP) is -4.12. The average molecular weight is 1510 g/mol. The van der Waals surface area contributed by atoms with Crippen molar-refractivity contribution in [3.05, 3.63) is 0 Å². The molecule has 0 bridgehead atoms. The summed E-state index contributed by atoms with van der Waals surface area (Å²) in [6.07, 6.45) is 1.40. The van der Waals surface area contributed by atoms with Crippen molar-refractivity contribution in [2.75, 3.05) is 51.8 Å². The second-order valence-corrected chi connectivity index (χ2v) is 29.8. The number of nitrogens with one attached hydrogen (secondary N) is 12. The lowest BCUT2D eigenvalue weighted by Crippen LogP contribution is -2.61. The Balaban J connectivity index is 1.36. The van der Waals surface area contributed by atoms with Crippen molar-refractivity contribution in [1.29, 1.82) is 0 Å². The van der Waals surface area contributed by atoms with E-state index in [-0.39, 0.29) is 68.9 Å². The van der Waals surface area contributed by atoms with Crippen molar-refractivity contribution in [3.63, 3.8) is 0 Å². The van der Waals surface area contributed by atoms with Crippen LogP contribution >= 0.6 is 21.6 Å². The van der Waals surface area contributed by atoms with Crippen molar-refractivity contribution < 1.29 is 92.0 Å². The number of aliphatic hydroxyl groups is 2. The minimum atomic E-state index is -1.88. The highest BCUT2D eigenvalue weighted by molar-refractivity contribution is 8.77. The summed E-state index contributed by atoms with van der Waals surface area (Å²) in [6, 6.07) is -15.0. The van der Waals surface area contributed by atoms with Crippen molar-refractivity contribution in [1.82, 2.24) is 78.5 Å². The third kappa shape index (κ3) is 25.6. The van der Waals surface area contributed by atoms with Crippen LogP contribution in [0.15, 0.2) is 4.99 Å². The highest BCUT2D eigenvalue weighted by Crippen LogP contribution is 2.40. The van der Waals surface area contributed by atoms with E-state index in [0.29, 0.717) is 68.8 Å². The summed E-state index contributed by atoms with van der Waals surface area (Å²) < 4.78 is 6.28. The Hall–Kier alpha value is -8.14. The fraction of sp³-hybridized carbons (Fsp3) is 0.754. The molecule has 15 amide bonds. The molecule has 5 rings (SSSR count). The van der Waals surface area contributed by atoms with Crippen LogP contribution in [0.25, 0.3) is 0 Å². The third-order valence-corrected chi connectivity index (χ3v) is 21.3. The average Bonchev–Trinajstić information content (AvgIpc) is 1.60. The van der Waals surface area contributed by atoms with Crippen LogP contribution in [0.3, 0.4) is 0 Å². The van der Waals surface area contributed by atoms with Gasteiger partial charge in [0.2, 0.25) is 70.9 Å². The monoisotopic (exact) mass is 1510 g/mol. The molecule has 5 fully saturated rings. The Morgan fingerprint density at radius 2 is 1.32 bits per heavy atom. The number of nitrogens with zero attached hydrogens (tertiary/aromatic N) is 4. The number of aliphatic carboxylic acids is 1. The van der Waals surface area contributed by atoms with E-state index in [4.69, 9.17) is 16.2 Å². The summed E-state index contributed by atoms with van der Waals surface area (Å²) >= 11 is 0. The van der Waals surface area contributed by atoms with E-state index in [1.54, 1.807) is 32.6 Å². The highest BCUT2D eigenvalue weighted by Gasteiger charge is 2.56. The molecule has 2 unspecified atom stereocenters. The van der Waals surface area contributed by atoms with E-state index in [1.165, 1.54) is 11.8 Å². The second-order valence-electron chi connectivity index (χ2n) is 27.3. The first kappa shape index (κ1) is 86.5. The van der Waals surface area contributed by atoms with Gasteiger partial charge in [-0.25, -0.2) is 4.79 Å². The lowest BCUT2D eigenvalue weighted by atomic mass is 9.97. The fourth-order valence-corrected chi connectivity index (χ4v) is 14.6. The standard InChI is InChI=1S/C65H108N18O19S2/c1-10-33(6)47-57(96)70-31-103-104-60(80-58(97)48(34(7)11-2)79-65(101)77-45(87)21-23-68-51(90)38(28-46(88)89)73-55(94)43-19-15-25-82(43)62(100)49(35(8)12-3)71-36(9)86)59(98)76-41(30-85)53(92)72-37(17-13-22-69-64(66)67)52(91)75-40(29-84)54(93)74-39(27-32(4)5)61(99)81-24-14-18-42(81)50-63(102-50)83-26-16-20-44(83)56(95)78-47/h32-35,37-44,47-50,60,63,84-85H,10-31H2,1-9H3,(H,68,90)(H,70,96)(H,71,86)(H,72,92)(H,73,94)(H,74,93)(H,75,91)(H,76,98)(H,78,95)(H,80,97)(H,88,89)(H4,66,67,69)(H2,77,79,87,101)/t33-,34-,35-,37-,38-,39-,40-,41-,42-,43-,44-,47-,48-,49-,50?,60-,63?/m0/s1. The molecule has 5 aliphatic heterocycles. The number of hydrogen-bond acceptors (Lipinski definition) is 22. The number of fused-ring (bicyclic) bond motifs is 5. The normalized spacial score (nSPS) is 26.5. The maximum Gasteiger partial charge on any atom is 0.322 e. The first-order valence-corrected chi connectivity index (χ1v) is 38.0. The van der Waals surface area contributed by atoms with E-state index in [9.17, 15) is 87.2 Å². The number of aliphatic hydroxyl groups excluding tert-OH is 2. The van der Waals surface area contributed by atoms with Gasteiger partial charge < -0.3 is 99.8 Å². The number of carbonyl (C=O) groups excluding carboxylic acids is 14. The van der Waals surface area contributed by atoms with Crippen molar-refractivity contribution in [2.45, 2.75) is 236 Å². The lowest BCUT2D eigenvalue weighted by molar-refractivity contribution is -0.144. The van der Waals surface area contributed by atoms with Gasteiger partial charge in [0.25, 0.3) is 5.91 Å². The van der Waals surface area contributed by atoms with Gasteiger partial charge in [-0.2, -0.15) is 0 Å². The Morgan fingerprint density at radius 3 is 1.93 bits per heavy atom. The number of carboxylic acid groups (broad SMARTS) is 1. The van der Waals surface area contributed by atoms with Gasteiger partial charge in [-0.15, -0.1) is 0 Å². The minimum absolute atomic E-state index is 0.0301. The van der Waals surface area contributed by atoms with Crippen LogP contribution in [-0.4, -0.2) is 261 Å². The van der Waals surface area contributed by atoms with Gasteiger partial charge in [0, 0.05) is 46.1 Å². The maximum absolute atomic E-state index is 14.6. The molecule has 0 aromatic carbocycles. The summed E-state index contributed by atoms with van der Waals surface area (Å²) in [5, 5.41) is 59.3. The molecule has 0 radical (unpaired) electrons. The number of likely N-dealkylation sites (tertiary alicyclic amines) is 1. The lowest BCUT2D eigenvalue weighted by Gasteiger charge is -2.31. The molecule has 19 N–H and O–H groups in total. The van der Waals surface area contributed by atoms with Crippen molar-refractivity contribution in [3.8, 4) is 0 Å². The molecule has 584 valence electrons. The van der Waals surface area contributed by atoms with E-state index in [0.717, 1.165) is 10.8 Å². The number of imide groups is 1. The van der Waals surface area contributed by atoms with Gasteiger partial charge >= 0.3 is 12.0 Å². The number of carbonyl (C=O) groups is 15. The maximum atomic E-state index is 14.6. The van der Waals surface area contributed by atoms with Crippen LogP contribution in [0.4, 0.5) is 4.79 Å². The van der Waals surface area contributed by atoms with Gasteiger partial charge in [-0.05, 0) is 81.5 Å². The van der Waals surface area contributed by atoms with E-state index in [2.05, 4.69) is 63.5 Å². The summed E-state index contributed by atoms with van der Waals surface area (Å²) in [5.74, 6) is -14.2. The van der Waals surface area contributed by atoms with Crippen LogP contribution in [0.1, 0.15) is 152 Å². The molecule has 5 aliphatic rings. The number of amides is 15. The topological polar surface area (TPSA) is 548 Å². The Kier molecular flexibility index (Phi) is 35.0. The van der Waals surface area contributed by atoms with Crippen LogP contribution in [0.2, 0.25) is 0 Å². The Morgan fingerprint density at radius 1 is 0.702 bits per heavy atom. The van der Waals surface area contributed by atoms with Gasteiger partial charge in [-0.3, -0.25) is 82.3 Å². The zero-order valence-electron chi connectivity index (χ0n) is 60.6.